The summed E-state index contributed by atoms with van der Waals surface area (Å²) in [5, 5.41) is 3.18. The Labute approximate surface area is 120 Å². The minimum atomic E-state index is -0.308. The third kappa shape index (κ3) is 3.24. The first kappa shape index (κ1) is 13.8. The van der Waals surface area contributed by atoms with E-state index in [9.17, 15) is 4.79 Å². The summed E-state index contributed by atoms with van der Waals surface area (Å²) in [7, 11) is 0. The number of pyridine rings is 1. The van der Waals surface area contributed by atoms with Crippen LogP contribution in [0, 0.1) is 0 Å². The van der Waals surface area contributed by atoms with E-state index >= 15 is 0 Å². The molecular weight excluding hydrogens is 287 g/mol. The molecule has 0 aliphatic rings. The molecule has 2 N–H and O–H groups in total. The molecule has 0 saturated heterocycles. The van der Waals surface area contributed by atoms with Gasteiger partial charge in [0.15, 0.2) is 0 Å². The van der Waals surface area contributed by atoms with Crippen LogP contribution < -0.4 is 5.32 Å². The lowest BCUT2D eigenvalue weighted by molar-refractivity contribution is 0.0933. The maximum Gasteiger partial charge on any atom is 0.254 e. The van der Waals surface area contributed by atoms with E-state index in [1.165, 1.54) is 6.07 Å². The van der Waals surface area contributed by atoms with Crippen molar-refractivity contribution in [2.24, 2.45) is 0 Å². The first-order chi connectivity index (χ1) is 9.11. The Bertz CT molecular complexity index is 571. The van der Waals surface area contributed by atoms with Crippen molar-refractivity contribution in [2.45, 2.75) is 19.4 Å². The fourth-order valence-corrected chi connectivity index (χ4v) is 2.08. The van der Waals surface area contributed by atoms with E-state index in [4.69, 9.17) is 23.2 Å². The van der Waals surface area contributed by atoms with E-state index in [0.29, 0.717) is 12.2 Å². The number of H-pyrrole nitrogens is 1. The first-order valence-electron chi connectivity index (χ1n) is 5.74. The minimum Gasteiger partial charge on any atom is -0.347 e. The molecule has 19 heavy (non-hydrogen) atoms. The maximum atomic E-state index is 12.1. The summed E-state index contributed by atoms with van der Waals surface area (Å²) in [6.45, 7) is 1.95. The second-order valence-corrected chi connectivity index (χ2v) is 4.63. The molecule has 2 heterocycles. The Morgan fingerprint density at radius 3 is 2.84 bits per heavy atom. The summed E-state index contributed by atoms with van der Waals surface area (Å²) in [6, 6.07) is 2.87. The number of carbonyl (C=O) groups excluding carboxylic acids is 1. The molecular formula is C12H12Cl2N4O. The van der Waals surface area contributed by atoms with Gasteiger partial charge in [-0.2, -0.15) is 0 Å². The van der Waals surface area contributed by atoms with Crippen molar-refractivity contribution in [3.8, 4) is 0 Å². The van der Waals surface area contributed by atoms with Gasteiger partial charge in [-0.05, 0) is 18.6 Å². The van der Waals surface area contributed by atoms with Crippen LogP contribution in [-0.2, 0) is 0 Å². The molecule has 0 aliphatic heterocycles. The molecule has 1 atom stereocenters. The number of aromatic nitrogens is 3. The monoisotopic (exact) mass is 298 g/mol. The lowest BCUT2D eigenvalue weighted by atomic mass is 10.2. The Kier molecular flexibility index (Phi) is 4.39. The third-order valence-electron chi connectivity index (χ3n) is 2.62. The molecule has 0 spiro atoms. The van der Waals surface area contributed by atoms with Gasteiger partial charge in [0.05, 0.1) is 11.6 Å². The highest BCUT2D eigenvalue weighted by molar-refractivity contribution is 6.34. The number of rotatable bonds is 4. The molecule has 0 aromatic carbocycles. The van der Waals surface area contributed by atoms with E-state index in [2.05, 4.69) is 20.3 Å². The van der Waals surface area contributed by atoms with Crippen molar-refractivity contribution in [3.05, 3.63) is 46.2 Å². The summed E-state index contributed by atoms with van der Waals surface area (Å²) >= 11 is 11.6. The second kappa shape index (κ2) is 6.04. The van der Waals surface area contributed by atoms with Crippen LogP contribution in [0.25, 0.3) is 0 Å². The number of imidazole rings is 1. The van der Waals surface area contributed by atoms with E-state index in [1.807, 2.05) is 6.92 Å². The number of halogens is 2. The van der Waals surface area contributed by atoms with E-state index in [0.717, 1.165) is 0 Å². The number of carbonyl (C=O) groups is 1. The second-order valence-electron chi connectivity index (χ2n) is 3.88. The number of nitrogens with one attached hydrogen (secondary N) is 2. The normalized spacial score (nSPS) is 12.2. The number of hydrogen-bond acceptors (Lipinski definition) is 3. The predicted molar refractivity (Wildman–Crippen MR) is 73.3 cm³/mol. The Morgan fingerprint density at radius 2 is 2.26 bits per heavy atom. The average molecular weight is 299 g/mol. The maximum absolute atomic E-state index is 12.1. The van der Waals surface area contributed by atoms with Gasteiger partial charge < -0.3 is 10.3 Å². The molecule has 0 saturated carbocycles. The molecule has 0 bridgehead atoms. The highest BCUT2D eigenvalue weighted by Crippen LogP contribution is 2.18. The topological polar surface area (TPSA) is 70.7 Å². The molecule has 7 heteroatoms. The van der Waals surface area contributed by atoms with Crippen LogP contribution in [0.4, 0.5) is 0 Å². The molecule has 2 aromatic heterocycles. The fourth-order valence-electron chi connectivity index (χ4n) is 1.65. The van der Waals surface area contributed by atoms with E-state index in [-0.39, 0.29) is 27.8 Å². The van der Waals surface area contributed by atoms with Gasteiger partial charge >= 0.3 is 0 Å². The standard InChI is InChI=1S/C12H12Cl2N4O/c1-2-8(11-15-5-6-16-11)17-12(19)7-3-4-9(13)18-10(7)14/h3-6,8H,2H2,1H3,(H,15,16)(H,17,19). The molecule has 0 radical (unpaired) electrons. The SMILES string of the molecule is CCC(NC(=O)c1ccc(Cl)nc1Cl)c1ncc[nH]1. The van der Waals surface area contributed by atoms with Gasteiger partial charge in [0.1, 0.15) is 16.1 Å². The van der Waals surface area contributed by atoms with Gasteiger partial charge in [0, 0.05) is 12.4 Å². The van der Waals surface area contributed by atoms with Crippen LogP contribution >= 0.6 is 23.2 Å². The van der Waals surface area contributed by atoms with Crippen LogP contribution in [0.3, 0.4) is 0 Å². The molecule has 1 amide bonds. The smallest absolute Gasteiger partial charge is 0.254 e. The number of amides is 1. The Morgan fingerprint density at radius 1 is 1.47 bits per heavy atom. The van der Waals surface area contributed by atoms with E-state index in [1.54, 1.807) is 18.5 Å². The highest BCUT2D eigenvalue weighted by Gasteiger charge is 2.18. The lowest BCUT2D eigenvalue weighted by Crippen LogP contribution is -2.29. The molecule has 5 nitrogen and oxygen atoms in total. The minimum absolute atomic E-state index is 0.0827. The molecule has 2 aromatic rings. The van der Waals surface area contributed by atoms with Gasteiger partial charge in [-0.25, -0.2) is 9.97 Å². The molecule has 0 fully saturated rings. The van der Waals surface area contributed by atoms with Crippen LogP contribution in [0.5, 0.6) is 0 Å². The Hall–Kier alpha value is -1.59. The molecule has 0 aliphatic carbocycles. The number of nitrogens with zero attached hydrogens (tertiary/aromatic N) is 2. The van der Waals surface area contributed by atoms with Gasteiger partial charge in [-0.1, -0.05) is 30.1 Å². The molecule has 2 rings (SSSR count). The van der Waals surface area contributed by atoms with Crippen molar-refractivity contribution in [2.75, 3.05) is 0 Å². The fraction of sp³-hybridized carbons (Fsp3) is 0.250. The van der Waals surface area contributed by atoms with Crippen molar-refractivity contribution in [1.29, 1.82) is 0 Å². The quantitative estimate of drug-likeness (QED) is 0.853. The molecule has 100 valence electrons. The van der Waals surface area contributed by atoms with Gasteiger partial charge in [-0.15, -0.1) is 0 Å². The summed E-state index contributed by atoms with van der Waals surface area (Å²) in [4.78, 5) is 23.1. The van der Waals surface area contributed by atoms with Gasteiger partial charge in [-0.3, -0.25) is 4.79 Å². The van der Waals surface area contributed by atoms with Crippen LogP contribution in [0.1, 0.15) is 35.6 Å². The van der Waals surface area contributed by atoms with Crippen LogP contribution in [-0.4, -0.2) is 20.9 Å². The first-order valence-corrected chi connectivity index (χ1v) is 6.49. The summed E-state index contributed by atoms with van der Waals surface area (Å²) in [5.74, 6) is 0.395. The van der Waals surface area contributed by atoms with E-state index < -0.39 is 0 Å². The zero-order valence-electron chi connectivity index (χ0n) is 10.2. The summed E-state index contributed by atoms with van der Waals surface area (Å²) in [5.41, 5.74) is 0.288. The summed E-state index contributed by atoms with van der Waals surface area (Å²) < 4.78 is 0. The zero-order valence-corrected chi connectivity index (χ0v) is 11.7. The van der Waals surface area contributed by atoms with Crippen LogP contribution in [0.2, 0.25) is 10.3 Å². The van der Waals surface area contributed by atoms with Crippen molar-refractivity contribution >= 4 is 29.1 Å². The average Bonchev–Trinajstić information content (AvgIpc) is 2.89. The highest BCUT2D eigenvalue weighted by atomic mass is 35.5. The van der Waals surface area contributed by atoms with Crippen molar-refractivity contribution < 1.29 is 4.79 Å². The largest absolute Gasteiger partial charge is 0.347 e. The van der Waals surface area contributed by atoms with Crippen molar-refractivity contribution in [3.63, 3.8) is 0 Å². The molecule has 1 unspecified atom stereocenters. The van der Waals surface area contributed by atoms with Crippen LogP contribution in [0.15, 0.2) is 24.5 Å². The lowest BCUT2D eigenvalue weighted by Gasteiger charge is -2.15. The Balaban J connectivity index is 2.16. The zero-order chi connectivity index (χ0) is 13.8. The number of aromatic amines is 1. The number of hydrogen-bond donors (Lipinski definition) is 2. The van der Waals surface area contributed by atoms with Crippen molar-refractivity contribution in [1.82, 2.24) is 20.3 Å². The van der Waals surface area contributed by atoms with Gasteiger partial charge in [0.25, 0.3) is 5.91 Å². The summed E-state index contributed by atoms with van der Waals surface area (Å²) in [6.07, 6.45) is 4.06. The third-order valence-corrected chi connectivity index (χ3v) is 3.12. The van der Waals surface area contributed by atoms with Gasteiger partial charge in [0.2, 0.25) is 0 Å². The predicted octanol–water partition coefficient (Wildman–Crippen LogP) is 2.99.